The van der Waals surface area contributed by atoms with E-state index in [0.29, 0.717) is 11.8 Å². The minimum atomic E-state index is 0.0815. The summed E-state index contributed by atoms with van der Waals surface area (Å²) in [6.45, 7) is 0. The van der Waals surface area contributed by atoms with E-state index in [4.69, 9.17) is 11.6 Å². The Morgan fingerprint density at radius 3 is 2.76 bits per heavy atom. The summed E-state index contributed by atoms with van der Waals surface area (Å²) in [4.78, 5) is 0. The van der Waals surface area contributed by atoms with E-state index in [1.807, 2.05) is 6.07 Å². The van der Waals surface area contributed by atoms with Crippen molar-refractivity contribution in [3.63, 3.8) is 0 Å². The molecule has 0 spiro atoms. The largest absolute Gasteiger partial charge is 0.117 e. The van der Waals surface area contributed by atoms with Gasteiger partial charge < -0.3 is 0 Å². The molecule has 1 fully saturated rings. The number of halogens is 3. The van der Waals surface area contributed by atoms with Gasteiger partial charge >= 0.3 is 0 Å². The molecule has 0 heterocycles. The number of alkyl halides is 1. The summed E-state index contributed by atoms with van der Waals surface area (Å²) in [5.74, 6) is 1.98. The average Bonchev–Trinajstić information content (AvgIpc) is 3.24. The number of hydrogen-bond acceptors (Lipinski definition) is 0. The Balaban J connectivity index is 1.66. The summed E-state index contributed by atoms with van der Waals surface area (Å²) in [5.41, 5.74) is 4.27. The molecule has 21 heavy (non-hydrogen) atoms. The number of aryl methyl sites for hydroxylation is 1. The quantitative estimate of drug-likeness (QED) is 0.483. The van der Waals surface area contributed by atoms with Gasteiger partial charge in [0.1, 0.15) is 0 Å². The Morgan fingerprint density at radius 2 is 1.90 bits per heavy atom. The van der Waals surface area contributed by atoms with E-state index in [0.717, 1.165) is 14.9 Å². The van der Waals surface area contributed by atoms with Crippen molar-refractivity contribution >= 4 is 43.5 Å². The second-order valence-electron chi connectivity index (χ2n) is 6.07. The van der Waals surface area contributed by atoms with Crippen LogP contribution >= 0.6 is 43.5 Å². The van der Waals surface area contributed by atoms with E-state index < -0.39 is 0 Å². The molecule has 0 amide bonds. The first-order valence-electron chi connectivity index (χ1n) is 7.33. The minimum Gasteiger partial charge on any atom is -0.117 e. The van der Waals surface area contributed by atoms with Crippen molar-refractivity contribution in [3.05, 3.63) is 68.1 Å². The van der Waals surface area contributed by atoms with E-state index >= 15 is 0 Å². The predicted molar refractivity (Wildman–Crippen MR) is 94.9 cm³/mol. The molecule has 2 aliphatic carbocycles. The van der Waals surface area contributed by atoms with Gasteiger partial charge in [0.15, 0.2) is 0 Å². The first kappa shape index (κ1) is 14.3. The van der Waals surface area contributed by atoms with Crippen LogP contribution in [0.25, 0.3) is 0 Å². The Morgan fingerprint density at radius 1 is 1.10 bits per heavy atom. The van der Waals surface area contributed by atoms with Crippen LogP contribution in [-0.4, -0.2) is 0 Å². The van der Waals surface area contributed by atoms with Crippen molar-refractivity contribution in [2.45, 2.75) is 24.1 Å². The lowest BCUT2D eigenvalue weighted by molar-refractivity contribution is 0.621. The molecule has 0 aliphatic heterocycles. The molecule has 4 unspecified atom stereocenters. The first-order chi connectivity index (χ1) is 10.2. The molecule has 2 aliphatic rings. The highest BCUT2D eigenvalue weighted by molar-refractivity contribution is 9.11. The van der Waals surface area contributed by atoms with Crippen molar-refractivity contribution < 1.29 is 0 Å². The van der Waals surface area contributed by atoms with Gasteiger partial charge in [-0.2, -0.15) is 0 Å². The molecule has 1 saturated carbocycles. The SMILES string of the molecule is ClC(c1cc(Br)ccc1Br)C1C2CCc3ccccc3C21. The molecule has 0 bridgehead atoms. The van der Waals surface area contributed by atoms with Crippen LogP contribution in [0.2, 0.25) is 0 Å². The summed E-state index contributed by atoms with van der Waals surface area (Å²) in [5, 5.41) is 0.0815. The second-order valence-corrected chi connectivity index (χ2v) is 8.31. The minimum absolute atomic E-state index is 0.0815. The van der Waals surface area contributed by atoms with Gasteiger partial charge in [0.25, 0.3) is 0 Å². The number of rotatable bonds is 2. The fraction of sp³-hybridized carbons (Fsp3) is 0.333. The monoisotopic (exact) mass is 424 g/mol. The van der Waals surface area contributed by atoms with Crippen LogP contribution in [0, 0.1) is 11.8 Å². The van der Waals surface area contributed by atoms with Crippen LogP contribution in [-0.2, 0) is 6.42 Å². The third-order valence-electron chi connectivity index (χ3n) is 4.98. The smallest absolute Gasteiger partial charge is 0.0633 e. The first-order valence-corrected chi connectivity index (χ1v) is 9.36. The van der Waals surface area contributed by atoms with E-state index in [2.05, 4.69) is 68.3 Å². The molecule has 3 heteroatoms. The Bertz CT molecular complexity index is 697. The van der Waals surface area contributed by atoms with E-state index in [1.54, 1.807) is 0 Å². The second kappa shape index (κ2) is 5.40. The van der Waals surface area contributed by atoms with Crippen LogP contribution in [0.5, 0.6) is 0 Å². The maximum Gasteiger partial charge on any atom is 0.0633 e. The highest BCUT2D eigenvalue weighted by atomic mass is 79.9. The molecular weight excluding hydrogens is 411 g/mol. The molecule has 0 nitrogen and oxygen atoms in total. The molecular formula is C18H15Br2Cl. The maximum atomic E-state index is 6.87. The molecule has 0 radical (unpaired) electrons. The molecule has 0 saturated heterocycles. The number of fused-ring (bicyclic) bond motifs is 3. The number of benzene rings is 2. The van der Waals surface area contributed by atoms with Gasteiger partial charge in [-0.05, 0) is 65.5 Å². The summed E-state index contributed by atoms with van der Waals surface area (Å²) >= 11 is 14.1. The maximum absolute atomic E-state index is 6.87. The van der Waals surface area contributed by atoms with Crippen LogP contribution in [0.4, 0.5) is 0 Å². The van der Waals surface area contributed by atoms with Gasteiger partial charge in [-0.3, -0.25) is 0 Å². The van der Waals surface area contributed by atoms with Crippen molar-refractivity contribution in [3.8, 4) is 0 Å². The van der Waals surface area contributed by atoms with Crippen LogP contribution < -0.4 is 0 Å². The van der Waals surface area contributed by atoms with E-state index in [-0.39, 0.29) is 5.38 Å². The third kappa shape index (κ3) is 2.40. The average molecular weight is 427 g/mol. The van der Waals surface area contributed by atoms with E-state index in [1.165, 1.54) is 29.5 Å². The fourth-order valence-corrected chi connectivity index (χ4v) is 5.48. The summed E-state index contributed by atoms with van der Waals surface area (Å²) in [7, 11) is 0. The molecule has 4 atom stereocenters. The van der Waals surface area contributed by atoms with Gasteiger partial charge in [0.2, 0.25) is 0 Å². The normalized spacial score (nSPS) is 27.7. The highest BCUT2D eigenvalue weighted by Crippen LogP contribution is 2.66. The predicted octanol–water partition coefficient (Wildman–Crippen LogP) is 6.47. The Kier molecular flexibility index (Phi) is 3.68. The summed E-state index contributed by atoms with van der Waals surface area (Å²) in [6, 6.07) is 15.2. The molecule has 108 valence electrons. The summed E-state index contributed by atoms with van der Waals surface area (Å²) in [6.07, 6.45) is 2.48. The van der Waals surface area contributed by atoms with Crippen LogP contribution in [0.1, 0.15) is 34.4 Å². The third-order valence-corrected chi connectivity index (χ3v) is 6.73. The van der Waals surface area contributed by atoms with Gasteiger partial charge in [-0.1, -0.05) is 56.1 Å². The topological polar surface area (TPSA) is 0 Å². The van der Waals surface area contributed by atoms with Gasteiger partial charge in [0.05, 0.1) is 5.38 Å². The zero-order valence-electron chi connectivity index (χ0n) is 11.4. The summed E-state index contributed by atoms with van der Waals surface area (Å²) < 4.78 is 2.21. The van der Waals surface area contributed by atoms with Gasteiger partial charge in [-0.25, -0.2) is 0 Å². The molecule has 2 aromatic rings. The lowest BCUT2D eigenvalue weighted by atomic mass is 9.92. The van der Waals surface area contributed by atoms with Crippen molar-refractivity contribution in [2.24, 2.45) is 11.8 Å². The lowest BCUT2D eigenvalue weighted by Gasteiger charge is -2.14. The fourth-order valence-electron chi connectivity index (χ4n) is 3.95. The Hall–Kier alpha value is -0.310. The van der Waals surface area contributed by atoms with Gasteiger partial charge in [-0.15, -0.1) is 11.6 Å². The van der Waals surface area contributed by atoms with Crippen LogP contribution in [0.15, 0.2) is 51.4 Å². The molecule has 4 rings (SSSR count). The molecule has 2 aromatic carbocycles. The molecule has 0 N–H and O–H groups in total. The van der Waals surface area contributed by atoms with Crippen LogP contribution in [0.3, 0.4) is 0 Å². The highest BCUT2D eigenvalue weighted by Gasteiger charge is 2.56. The zero-order chi connectivity index (χ0) is 14.6. The standard InChI is InChI=1S/C18H15Br2Cl/c19-11-6-8-15(20)14(9-11)18(21)17-13-7-5-10-3-1-2-4-12(10)16(13)17/h1-4,6,8-9,13,16-18H,5,7H2. The van der Waals surface area contributed by atoms with Gasteiger partial charge in [0, 0.05) is 8.95 Å². The Labute approximate surface area is 147 Å². The van der Waals surface area contributed by atoms with E-state index in [9.17, 15) is 0 Å². The van der Waals surface area contributed by atoms with Crippen molar-refractivity contribution in [1.82, 2.24) is 0 Å². The zero-order valence-corrected chi connectivity index (χ0v) is 15.3. The van der Waals surface area contributed by atoms with Crippen molar-refractivity contribution in [1.29, 1.82) is 0 Å². The lowest BCUT2D eigenvalue weighted by Crippen LogP contribution is -2.00. The number of hydrogen-bond donors (Lipinski definition) is 0. The molecule has 0 aromatic heterocycles. The van der Waals surface area contributed by atoms with Crippen molar-refractivity contribution in [2.75, 3.05) is 0 Å².